The highest BCUT2D eigenvalue weighted by Gasteiger charge is 2.49. The molecule has 7 aromatic rings. The maximum Gasteiger partial charge on any atom is 0.270 e. The first-order valence-corrected chi connectivity index (χ1v) is 42.3. The molecule has 4 aliphatic carbocycles. The van der Waals surface area contributed by atoms with Crippen molar-refractivity contribution in [3.05, 3.63) is 154 Å². The van der Waals surface area contributed by atoms with Gasteiger partial charge >= 0.3 is 0 Å². The van der Waals surface area contributed by atoms with Crippen LogP contribution in [0.4, 0.5) is 0 Å². The fraction of sp³-hybridized carbons (Fsp3) is 0.547. The molecule has 4 heterocycles. The number of Topliss-reactive ketones (excluding diaryl/α,β-unsaturated/α-hetero) is 2. The first kappa shape index (κ1) is 70.8. The SMILES string of the molecule is Cc1nn(COCC[Si](C)(C)C)c(C)c1-c1ccc(CC(=O)[C@@H](NC(=O)c2ccnn2CC(C)O)C(C2CC2)C2CC2)cc1.Cc1nn(COCC[Si](C)(C)C)c(C)c1-c1ccc(CC(=O)[C@@H](NC(=O)c2ccnn2CC(C)OCc2ccccc2)C(C2CC2)C2CC2)cc1. The highest BCUT2D eigenvalue weighted by atomic mass is 28.3. The number of aryl methyl sites for hydroxylation is 2. The van der Waals surface area contributed by atoms with Crippen molar-refractivity contribution in [2.75, 3.05) is 13.2 Å². The number of nitrogens with zero attached hydrogens (tertiary/aromatic N) is 8. The number of ether oxygens (including phenoxy) is 3. The predicted octanol–water partition coefficient (Wildman–Crippen LogP) is 13.0. The zero-order valence-electron chi connectivity index (χ0n) is 58.4. The molecule has 18 nitrogen and oxygen atoms in total. The fourth-order valence-corrected chi connectivity index (χ4v) is 15.0. The summed E-state index contributed by atoms with van der Waals surface area (Å²) >= 11 is 0. The molecule has 4 aliphatic rings. The molecule has 0 aliphatic heterocycles. The molecule has 2 unspecified atom stereocenters. The molecule has 95 heavy (non-hydrogen) atoms. The minimum Gasteiger partial charge on any atom is -0.391 e. The third-order valence-corrected chi connectivity index (χ3v) is 22.7. The van der Waals surface area contributed by atoms with Gasteiger partial charge in [-0.05, 0) is 180 Å². The Bertz CT molecular complexity index is 3670. The highest BCUT2D eigenvalue weighted by Crippen LogP contribution is 2.52. The summed E-state index contributed by atoms with van der Waals surface area (Å²) in [5.74, 6) is 1.86. The lowest BCUT2D eigenvalue weighted by Crippen LogP contribution is -2.48. The summed E-state index contributed by atoms with van der Waals surface area (Å²) in [6, 6.07) is 31.0. The average molecular weight is 1330 g/mol. The number of aromatic nitrogens is 8. The maximum absolute atomic E-state index is 14.2. The summed E-state index contributed by atoms with van der Waals surface area (Å²) in [5, 5.41) is 34.4. The number of amides is 2. The summed E-state index contributed by atoms with van der Waals surface area (Å²) in [6.45, 7) is 29.5. The Morgan fingerprint density at radius 2 is 0.916 bits per heavy atom. The number of nitrogens with one attached hydrogen (secondary N) is 2. The Balaban J connectivity index is 0.000000209. The minimum atomic E-state index is -1.15. The van der Waals surface area contributed by atoms with Gasteiger partial charge in [0.2, 0.25) is 0 Å². The molecule has 0 radical (unpaired) electrons. The molecule has 0 saturated heterocycles. The van der Waals surface area contributed by atoms with Crippen molar-refractivity contribution >= 4 is 39.5 Å². The number of carbonyl (C=O) groups is 4. The van der Waals surface area contributed by atoms with Crippen LogP contribution >= 0.6 is 0 Å². The Kier molecular flexibility index (Phi) is 23.5. The minimum absolute atomic E-state index is 0.0483. The zero-order chi connectivity index (χ0) is 67.7. The van der Waals surface area contributed by atoms with Gasteiger partial charge in [-0.1, -0.05) is 118 Å². The average Bonchev–Trinajstić information content (AvgIpc) is 1.67. The number of hydrogen-bond acceptors (Lipinski definition) is 12. The molecular formula is C75H104N10O8Si2. The summed E-state index contributed by atoms with van der Waals surface area (Å²) in [6.07, 6.45) is 11.9. The van der Waals surface area contributed by atoms with Gasteiger partial charge in [0, 0.05) is 77.1 Å². The molecule has 20 heteroatoms. The lowest BCUT2D eigenvalue weighted by molar-refractivity contribution is -0.122. The van der Waals surface area contributed by atoms with Crippen molar-refractivity contribution < 1.29 is 38.5 Å². The van der Waals surface area contributed by atoms with E-state index in [0.29, 0.717) is 61.7 Å². The van der Waals surface area contributed by atoms with Crippen molar-refractivity contribution in [3.8, 4) is 22.3 Å². The maximum atomic E-state index is 14.2. The van der Waals surface area contributed by atoms with Crippen LogP contribution in [0.3, 0.4) is 0 Å². The standard InChI is InChI=1S/C41H55N5O4Si.C34H49N5O4Si/c1-28(50-26-32-10-8-7-9-11-32)25-45-36(20-21-42-45)41(48)43-40(39(34-16-17-34)35-18-19-35)37(47)24-31-12-14-33(15-13-31)38-29(2)44-46(30(38)3)27-49-22-23-51(4,5)6;1-22(40)20-38-29(15-16-35-38)34(42)36-33(32(27-11-12-27)28-13-14-28)30(41)19-25-7-9-26(10-8-25)31-23(2)37-39(24(31)3)21-43-17-18-44(4,5)6/h7-15,20-21,28,34-35,39-40H,16-19,22-27H2,1-6H3,(H,43,48);7-10,15-16,22,27-28,32-33,40H,11-14,17-21H2,1-6H3,(H,36,42)/t28?,40-;22?,33-/m11/s1. The summed E-state index contributed by atoms with van der Waals surface area (Å²) in [7, 11) is -2.29. The quantitative estimate of drug-likeness (QED) is 0.0250. The number of benzene rings is 3. The van der Waals surface area contributed by atoms with Gasteiger partial charge < -0.3 is 30.0 Å². The number of aliphatic hydroxyl groups is 1. The van der Waals surface area contributed by atoms with E-state index in [0.717, 1.165) is 138 Å². The largest absolute Gasteiger partial charge is 0.391 e. The number of hydrogen-bond donors (Lipinski definition) is 3. The second-order valence-corrected chi connectivity index (χ2v) is 41.4. The lowest BCUT2D eigenvalue weighted by atomic mass is 9.85. The van der Waals surface area contributed by atoms with E-state index < -0.39 is 34.3 Å². The van der Waals surface area contributed by atoms with E-state index in [1.54, 1.807) is 36.1 Å². The molecule has 2 amide bonds. The Labute approximate surface area is 564 Å². The number of ketones is 2. The smallest absolute Gasteiger partial charge is 0.270 e. The molecule has 4 atom stereocenters. The van der Waals surface area contributed by atoms with Gasteiger partial charge in [-0.2, -0.15) is 20.4 Å². The van der Waals surface area contributed by atoms with Crippen molar-refractivity contribution in [3.63, 3.8) is 0 Å². The van der Waals surface area contributed by atoms with E-state index in [1.165, 1.54) is 4.68 Å². The van der Waals surface area contributed by atoms with E-state index in [4.69, 9.17) is 24.4 Å². The van der Waals surface area contributed by atoms with E-state index in [-0.39, 0.29) is 60.7 Å². The molecule has 3 aromatic carbocycles. The first-order chi connectivity index (χ1) is 45.4. The van der Waals surface area contributed by atoms with Crippen LogP contribution in [0.5, 0.6) is 0 Å². The van der Waals surface area contributed by atoms with Crippen LogP contribution < -0.4 is 10.6 Å². The molecule has 11 rings (SSSR count). The van der Waals surface area contributed by atoms with E-state index in [1.807, 2.05) is 84.7 Å². The van der Waals surface area contributed by atoms with Gasteiger partial charge in [0.1, 0.15) is 24.8 Å². The predicted molar refractivity (Wildman–Crippen MR) is 377 cm³/mol. The van der Waals surface area contributed by atoms with Gasteiger partial charge in [-0.25, -0.2) is 9.36 Å². The van der Waals surface area contributed by atoms with Crippen LogP contribution in [0.15, 0.2) is 103 Å². The Morgan fingerprint density at radius 1 is 0.526 bits per heavy atom. The third-order valence-electron chi connectivity index (χ3n) is 19.3. The fourth-order valence-electron chi connectivity index (χ4n) is 13.4. The highest BCUT2D eigenvalue weighted by molar-refractivity contribution is 6.76. The number of carbonyl (C=O) groups excluding carboxylic acids is 4. The van der Waals surface area contributed by atoms with Crippen LogP contribution in [0.1, 0.15) is 126 Å². The second kappa shape index (κ2) is 31.5. The molecule has 4 saturated carbocycles. The van der Waals surface area contributed by atoms with Crippen LogP contribution in [0.25, 0.3) is 22.3 Å². The molecule has 4 aromatic heterocycles. The summed E-state index contributed by atoms with van der Waals surface area (Å²) in [4.78, 5) is 55.4. The molecule has 4 fully saturated rings. The summed E-state index contributed by atoms with van der Waals surface area (Å²) in [5.41, 5.74) is 12.2. The topological polar surface area (TPSA) is 212 Å². The molecular weight excluding hydrogens is 1230 g/mol. The van der Waals surface area contributed by atoms with Gasteiger partial charge in [-0.15, -0.1) is 0 Å². The first-order valence-electron chi connectivity index (χ1n) is 34.8. The van der Waals surface area contributed by atoms with Crippen LogP contribution in [-0.4, -0.2) is 121 Å². The molecule has 510 valence electrons. The van der Waals surface area contributed by atoms with Gasteiger partial charge in [0.05, 0.1) is 55.4 Å². The zero-order valence-corrected chi connectivity index (χ0v) is 60.4. The Hall–Kier alpha value is -6.95. The van der Waals surface area contributed by atoms with Crippen molar-refractivity contribution in [2.45, 2.75) is 215 Å². The van der Waals surface area contributed by atoms with Crippen molar-refractivity contribution in [1.82, 2.24) is 49.8 Å². The van der Waals surface area contributed by atoms with Crippen LogP contribution in [-0.2, 0) is 69.8 Å². The molecule has 0 bridgehead atoms. The van der Waals surface area contributed by atoms with Crippen molar-refractivity contribution in [2.24, 2.45) is 35.5 Å². The molecule has 0 spiro atoms. The lowest BCUT2D eigenvalue weighted by Gasteiger charge is -2.27. The van der Waals surface area contributed by atoms with Gasteiger partial charge in [0.25, 0.3) is 11.8 Å². The van der Waals surface area contributed by atoms with Crippen molar-refractivity contribution in [1.29, 1.82) is 0 Å². The number of rotatable bonds is 35. The number of aliphatic hydroxyl groups excluding tert-OH is 1. The van der Waals surface area contributed by atoms with E-state index in [9.17, 15) is 24.3 Å². The monoisotopic (exact) mass is 1330 g/mol. The van der Waals surface area contributed by atoms with E-state index in [2.05, 4.69) is 98.2 Å². The third kappa shape index (κ3) is 19.9. The van der Waals surface area contributed by atoms with Gasteiger partial charge in [-0.3, -0.25) is 28.5 Å². The normalized spacial score (nSPS) is 16.3. The van der Waals surface area contributed by atoms with Crippen LogP contribution in [0, 0.1) is 63.2 Å². The molecule has 3 N–H and O–H groups in total. The van der Waals surface area contributed by atoms with E-state index >= 15 is 0 Å². The summed E-state index contributed by atoms with van der Waals surface area (Å²) < 4.78 is 25.1. The Morgan fingerprint density at radius 3 is 1.28 bits per heavy atom. The van der Waals surface area contributed by atoms with Gasteiger partial charge in [0.15, 0.2) is 11.6 Å². The van der Waals surface area contributed by atoms with Crippen LogP contribution in [0.2, 0.25) is 51.4 Å². The second-order valence-electron chi connectivity index (χ2n) is 30.1.